The summed E-state index contributed by atoms with van der Waals surface area (Å²) in [6.07, 6.45) is 7.20. The molecule has 146 valence electrons. The van der Waals surface area contributed by atoms with Crippen molar-refractivity contribution < 1.29 is 4.48 Å². The van der Waals surface area contributed by atoms with Crippen LogP contribution >= 0.6 is 0 Å². The summed E-state index contributed by atoms with van der Waals surface area (Å²) >= 11 is 0. The molecule has 0 spiro atoms. The molecule has 4 rings (SSSR count). The fourth-order valence-corrected chi connectivity index (χ4v) is 7.60. The van der Waals surface area contributed by atoms with Gasteiger partial charge in [0.15, 0.2) is 0 Å². The summed E-state index contributed by atoms with van der Waals surface area (Å²) < 4.78 is 1.45. The molecule has 0 N–H and O–H groups in total. The first-order chi connectivity index (χ1) is 12.1. The van der Waals surface area contributed by atoms with E-state index in [1.54, 1.807) is 12.8 Å². The molecule has 0 radical (unpaired) electrons. The van der Waals surface area contributed by atoms with Crippen LogP contribution in [0.15, 0.2) is 0 Å². The van der Waals surface area contributed by atoms with Crippen LogP contribution in [0.25, 0.3) is 0 Å². The second-order valence-electron chi connectivity index (χ2n) is 9.61. The van der Waals surface area contributed by atoms with E-state index in [-0.39, 0.29) is 0 Å². The highest BCUT2D eigenvalue weighted by molar-refractivity contribution is 5.03. The summed E-state index contributed by atoms with van der Waals surface area (Å²) in [7, 11) is 0. The summed E-state index contributed by atoms with van der Waals surface area (Å²) in [5, 5.41) is 0. The van der Waals surface area contributed by atoms with Crippen molar-refractivity contribution in [2.24, 2.45) is 35.5 Å². The van der Waals surface area contributed by atoms with E-state index in [9.17, 15) is 0 Å². The SMILES string of the molecule is CCCN(CC)CC1C(CC)C2CCC1C1C[N+](CC)(CCC)CC21. The van der Waals surface area contributed by atoms with Crippen LogP contribution < -0.4 is 0 Å². The maximum absolute atomic E-state index is 2.77. The lowest BCUT2D eigenvalue weighted by atomic mass is 9.50. The fraction of sp³-hybridized carbons (Fsp3) is 1.00. The molecule has 4 fully saturated rings. The lowest BCUT2D eigenvalue weighted by Gasteiger charge is -2.54. The molecular weight excluding hydrogens is 304 g/mol. The van der Waals surface area contributed by atoms with Crippen molar-refractivity contribution in [3.63, 3.8) is 0 Å². The lowest BCUT2D eigenvalue weighted by Crippen LogP contribution is -2.53. The van der Waals surface area contributed by atoms with Gasteiger partial charge in [0, 0.05) is 18.4 Å². The van der Waals surface area contributed by atoms with Crippen LogP contribution in [0, 0.1) is 35.5 Å². The Hall–Kier alpha value is -0.0800. The third kappa shape index (κ3) is 3.55. The molecule has 2 nitrogen and oxygen atoms in total. The van der Waals surface area contributed by atoms with Gasteiger partial charge in [0.05, 0.1) is 26.2 Å². The van der Waals surface area contributed by atoms with Gasteiger partial charge >= 0.3 is 0 Å². The Kier molecular flexibility index (Phi) is 6.53. The van der Waals surface area contributed by atoms with Crippen molar-refractivity contribution in [2.75, 3.05) is 45.8 Å². The van der Waals surface area contributed by atoms with Crippen molar-refractivity contribution in [1.29, 1.82) is 0 Å². The third-order valence-electron chi connectivity index (χ3n) is 8.63. The van der Waals surface area contributed by atoms with E-state index >= 15 is 0 Å². The van der Waals surface area contributed by atoms with Gasteiger partial charge in [0.2, 0.25) is 0 Å². The number of rotatable bonds is 9. The second-order valence-corrected chi connectivity index (χ2v) is 9.61. The zero-order valence-electron chi connectivity index (χ0n) is 17.8. The topological polar surface area (TPSA) is 3.24 Å². The largest absolute Gasteiger partial charge is 0.323 e. The standard InChI is InChI=1S/C23H45N2/c1-6-13-24(9-4)15-21-18(8-3)19-11-12-20(21)23-17-25(10-5,14-7-2)16-22(19)23/h18-23H,6-17H2,1-5H3/q+1. The van der Waals surface area contributed by atoms with Crippen LogP contribution in [0.3, 0.4) is 0 Å². The Bertz CT molecular complexity index is 422. The minimum atomic E-state index is 0.995. The van der Waals surface area contributed by atoms with Crippen LogP contribution in [0.2, 0.25) is 0 Å². The number of fused-ring (bicyclic) bond motifs is 2. The van der Waals surface area contributed by atoms with Crippen molar-refractivity contribution in [3.8, 4) is 0 Å². The van der Waals surface area contributed by atoms with E-state index in [1.807, 2.05) is 0 Å². The molecule has 1 aliphatic heterocycles. The van der Waals surface area contributed by atoms with Gasteiger partial charge in [-0.15, -0.1) is 0 Å². The number of hydrogen-bond donors (Lipinski definition) is 0. The molecule has 1 saturated heterocycles. The van der Waals surface area contributed by atoms with Crippen LogP contribution in [-0.2, 0) is 0 Å². The summed E-state index contributed by atoms with van der Waals surface area (Å²) in [6, 6.07) is 0. The lowest BCUT2D eigenvalue weighted by molar-refractivity contribution is -0.918. The summed E-state index contributed by atoms with van der Waals surface area (Å²) in [5.41, 5.74) is 0. The minimum absolute atomic E-state index is 0.995. The number of hydrogen-bond acceptors (Lipinski definition) is 1. The first-order valence-corrected chi connectivity index (χ1v) is 11.7. The van der Waals surface area contributed by atoms with Crippen molar-refractivity contribution in [3.05, 3.63) is 0 Å². The molecule has 4 aliphatic rings. The fourth-order valence-electron chi connectivity index (χ4n) is 7.60. The summed E-state index contributed by atoms with van der Waals surface area (Å²) in [4.78, 5) is 2.77. The predicted molar refractivity (Wildman–Crippen MR) is 109 cm³/mol. The van der Waals surface area contributed by atoms with E-state index in [2.05, 4.69) is 39.5 Å². The molecule has 3 saturated carbocycles. The maximum atomic E-state index is 2.77. The zero-order valence-corrected chi connectivity index (χ0v) is 17.8. The van der Waals surface area contributed by atoms with E-state index in [4.69, 9.17) is 0 Å². The Balaban J connectivity index is 1.80. The number of likely N-dealkylation sites (tertiary alicyclic amines) is 1. The molecule has 1 heterocycles. The van der Waals surface area contributed by atoms with Gasteiger partial charge in [-0.2, -0.15) is 0 Å². The molecule has 25 heavy (non-hydrogen) atoms. The molecule has 7 unspecified atom stereocenters. The number of nitrogens with zero attached hydrogens (tertiary/aromatic N) is 2. The van der Waals surface area contributed by atoms with Gasteiger partial charge in [-0.25, -0.2) is 0 Å². The minimum Gasteiger partial charge on any atom is -0.323 e. The first kappa shape index (κ1) is 19.7. The molecule has 2 bridgehead atoms. The van der Waals surface area contributed by atoms with E-state index in [0.717, 1.165) is 35.5 Å². The van der Waals surface area contributed by atoms with Crippen LogP contribution in [0.1, 0.15) is 66.7 Å². The van der Waals surface area contributed by atoms with E-state index in [1.165, 1.54) is 69.6 Å². The van der Waals surface area contributed by atoms with Crippen molar-refractivity contribution in [2.45, 2.75) is 66.7 Å². The van der Waals surface area contributed by atoms with Crippen LogP contribution in [0.5, 0.6) is 0 Å². The van der Waals surface area contributed by atoms with Gasteiger partial charge in [-0.1, -0.05) is 34.1 Å². The molecule has 0 amide bonds. The molecular formula is C23H45N2+. The Morgan fingerprint density at radius 3 is 1.92 bits per heavy atom. The highest BCUT2D eigenvalue weighted by atomic mass is 15.4. The van der Waals surface area contributed by atoms with Crippen LogP contribution in [-0.4, -0.2) is 55.2 Å². The van der Waals surface area contributed by atoms with Crippen LogP contribution in [0.4, 0.5) is 0 Å². The summed E-state index contributed by atoms with van der Waals surface area (Å²) in [5.74, 6) is 6.22. The molecule has 0 aromatic carbocycles. The second kappa shape index (κ2) is 8.30. The highest BCUT2D eigenvalue weighted by Crippen LogP contribution is 2.59. The normalized spacial score (nSPS) is 43.0. The monoisotopic (exact) mass is 349 g/mol. The molecule has 7 atom stereocenters. The number of quaternary nitrogens is 1. The van der Waals surface area contributed by atoms with E-state index < -0.39 is 0 Å². The van der Waals surface area contributed by atoms with Gasteiger partial charge < -0.3 is 9.38 Å². The maximum Gasteiger partial charge on any atom is 0.0823 e. The molecule has 2 heteroatoms. The van der Waals surface area contributed by atoms with E-state index in [0.29, 0.717) is 0 Å². The van der Waals surface area contributed by atoms with Crippen molar-refractivity contribution in [1.82, 2.24) is 4.90 Å². The quantitative estimate of drug-likeness (QED) is 0.536. The zero-order chi connectivity index (χ0) is 18.0. The Morgan fingerprint density at radius 2 is 1.44 bits per heavy atom. The van der Waals surface area contributed by atoms with Crippen molar-refractivity contribution >= 4 is 0 Å². The Labute approximate surface area is 157 Å². The highest BCUT2D eigenvalue weighted by Gasteiger charge is 2.60. The molecule has 0 aromatic rings. The first-order valence-electron chi connectivity index (χ1n) is 11.7. The molecule has 3 aliphatic carbocycles. The summed E-state index contributed by atoms with van der Waals surface area (Å²) in [6.45, 7) is 21.9. The van der Waals surface area contributed by atoms with Gasteiger partial charge in [-0.05, 0) is 69.4 Å². The smallest absolute Gasteiger partial charge is 0.0823 e. The van der Waals surface area contributed by atoms with Gasteiger partial charge in [0.25, 0.3) is 0 Å². The van der Waals surface area contributed by atoms with Gasteiger partial charge in [0.1, 0.15) is 0 Å². The average molecular weight is 350 g/mol. The predicted octanol–water partition coefficient (Wildman–Crippen LogP) is 4.89. The van der Waals surface area contributed by atoms with Gasteiger partial charge in [-0.3, -0.25) is 0 Å². The average Bonchev–Trinajstić information content (AvgIpc) is 3.03. The molecule has 0 aromatic heterocycles. The third-order valence-corrected chi connectivity index (χ3v) is 8.63. The Morgan fingerprint density at radius 1 is 0.800 bits per heavy atom.